The Morgan fingerprint density at radius 1 is 1.46 bits per heavy atom. The largest absolute Gasteiger partial charge is 0.393 e. The van der Waals surface area contributed by atoms with Crippen LogP contribution in [0.4, 0.5) is 0 Å². The minimum atomic E-state index is -0.346. The Kier molecular flexibility index (Phi) is 6.59. The molecule has 13 heavy (non-hydrogen) atoms. The molecule has 0 aromatic rings. The van der Waals surface area contributed by atoms with Crippen LogP contribution in [0.5, 0.6) is 0 Å². The van der Waals surface area contributed by atoms with Crippen LogP contribution in [0, 0.1) is 0 Å². The van der Waals surface area contributed by atoms with Crippen LogP contribution in [0.15, 0.2) is 0 Å². The van der Waals surface area contributed by atoms with Crippen LogP contribution < -0.4 is 5.32 Å². The molecule has 0 bridgehead atoms. The monoisotopic (exact) mass is 187 g/mol. The van der Waals surface area contributed by atoms with Gasteiger partial charge in [-0.3, -0.25) is 4.79 Å². The highest BCUT2D eigenvalue weighted by Gasteiger charge is 2.08. The number of unbranched alkanes of at least 4 members (excludes halogenated alkanes) is 1. The minimum Gasteiger partial charge on any atom is -0.393 e. The van der Waals surface area contributed by atoms with Gasteiger partial charge in [0, 0.05) is 12.5 Å². The van der Waals surface area contributed by atoms with E-state index in [1.165, 1.54) is 0 Å². The lowest BCUT2D eigenvalue weighted by Gasteiger charge is -2.15. The average molecular weight is 187 g/mol. The second-order valence-corrected chi connectivity index (χ2v) is 3.66. The standard InChI is InChI=1S/C10H21NO2/c1-4-5-6-10(13)11-8(2)7-9(3)12/h8-9,12H,4-7H2,1-3H3,(H,11,13). The van der Waals surface area contributed by atoms with Crippen molar-refractivity contribution in [3.05, 3.63) is 0 Å². The number of hydrogen-bond acceptors (Lipinski definition) is 2. The van der Waals surface area contributed by atoms with Crippen molar-refractivity contribution in [1.82, 2.24) is 5.32 Å². The van der Waals surface area contributed by atoms with Gasteiger partial charge in [-0.25, -0.2) is 0 Å². The van der Waals surface area contributed by atoms with Gasteiger partial charge < -0.3 is 10.4 Å². The van der Waals surface area contributed by atoms with E-state index >= 15 is 0 Å². The zero-order valence-corrected chi connectivity index (χ0v) is 8.84. The number of amides is 1. The van der Waals surface area contributed by atoms with E-state index in [1.54, 1.807) is 6.92 Å². The molecule has 0 aliphatic carbocycles. The first-order valence-electron chi connectivity index (χ1n) is 5.03. The predicted octanol–water partition coefficient (Wildman–Crippen LogP) is 1.45. The maximum Gasteiger partial charge on any atom is 0.220 e. The fraction of sp³-hybridized carbons (Fsp3) is 0.900. The summed E-state index contributed by atoms with van der Waals surface area (Å²) in [4.78, 5) is 11.2. The van der Waals surface area contributed by atoms with Crippen LogP contribution in [-0.2, 0) is 4.79 Å². The highest BCUT2D eigenvalue weighted by Crippen LogP contribution is 1.99. The molecule has 0 spiro atoms. The van der Waals surface area contributed by atoms with Crippen LogP contribution in [0.25, 0.3) is 0 Å². The van der Waals surface area contributed by atoms with Gasteiger partial charge in [-0.1, -0.05) is 13.3 Å². The van der Waals surface area contributed by atoms with Gasteiger partial charge in [0.2, 0.25) is 5.91 Å². The molecule has 0 aliphatic rings. The summed E-state index contributed by atoms with van der Waals surface area (Å²) >= 11 is 0. The topological polar surface area (TPSA) is 49.3 Å². The number of carbonyl (C=O) groups excluding carboxylic acids is 1. The number of carbonyl (C=O) groups is 1. The van der Waals surface area contributed by atoms with E-state index in [0.717, 1.165) is 12.8 Å². The fourth-order valence-electron chi connectivity index (χ4n) is 1.25. The Morgan fingerprint density at radius 3 is 2.54 bits per heavy atom. The lowest BCUT2D eigenvalue weighted by molar-refractivity contribution is -0.121. The van der Waals surface area contributed by atoms with Crippen LogP contribution in [0.2, 0.25) is 0 Å². The Morgan fingerprint density at radius 2 is 2.08 bits per heavy atom. The van der Waals surface area contributed by atoms with Gasteiger partial charge in [-0.15, -0.1) is 0 Å². The molecule has 3 heteroatoms. The van der Waals surface area contributed by atoms with Crippen LogP contribution in [0.3, 0.4) is 0 Å². The second-order valence-electron chi connectivity index (χ2n) is 3.66. The van der Waals surface area contributed by atoms with Crippen molar-refractivity contribution < 1.29 is 9.90 Å². The third-order valence-corrected chi connectivity index (χ3v) is 1.86. The first-order valence-corrected chi connectivity index (χ1v) is 5.03. The summed E-state index contributed by atoms with van der Waals surface area (Å²) in [6.07, 6.45) is 2.85. The summed E-state index contributed by atoms with van der Waals surface area (Å²) in [6.45, 7) is 5.71. The van der Waals surface area contributed by atoms with E-state index in [2.05, 4.69) is 12.2 Å². The fourth-order valence-corrected chi connectivity index (χ4v) is 1.25. The maximum atomic E-state index is 11.2. The quantitative estimate of drug-likeness (QED) is 0.661. The first-order chi connectivity index (χ1) is 6.06. The number of aliphatic hydroxyl groups excluding tert-OH is 1. The van der Waals surface area contributed by atoms with Gasteiger partial charge in [-0.2, -0.15) is 0 Å². The van der Waals surface area contributed by atoms with Crippen molar-refractivity contribution in [2.75, 3.05) is 0 Å². The van der Waals surface area contributed by atoms with Crippen molar-refractivity contribution in [3.8, 4) is 0 Å². The van der Waals surface area contributed by atoms with Crippen molar-refractivity contribution in [2.24, 2.45) is 0 Å². The first kappa shape index (κ1) is 12.4. The molecule has 0 saturated heterocycles. The van der Waals surface area contributed by atoms with Crippen molar-refractivity contribution in [3.63, 3.8) is 0 Å². The molecule has 0 aliphatic heterocycles. The molecular weight excluding hydrogens is 166 g/mol. The second kappa shape index (κ2) is 6.89. The molecule has 0 aromatic carbocycles. The third kappa shape index (κ3) is 7.78. The minimum absolute atomic E-state index is 0.0735. The van der Waals surface area contributed by atoms with Gasteiger partial charge >= 0.3 is 0 Å². The summed E-state index contributed by atoms with van der Waals surface area (Å²) in [5.74, 6) is 0.0926. The molecule has 0 rings (SSSR count). The molecule has 0 fully saturated rings. The van der Waals surface area contributed by atoms with E-state index in [0.29, 0.717) is 12.8 Å². The van der Waals surface area contributed by atoms with Gasteiger partial charge in [0.1, 0.15) is 0 Å². The Hall–Kier alpha value is -0.570. The smallest absolute Gasteiger partial charge is 0.220 e. The zero-order valence-electron chi connectivity index (χ0n) is 8.84. The van der Waals surface area contributed by atoms with Crippen LogP contribution >= 0.6 is 0 Å². The summed E-state index contributed by atoms with van der Waals surface area (Å²) in [7, 11) is 0. The summed E-state index contributed by atoms with van der Waals surface area (Å²) in [5, 5.41) is 11.9. The van der Waals surface area contributed by atoms with E-state index < -0.39 is 0 Å². The molecular formula is C10H21NO2. The molecule has 78 valence electrons. The number of rotatable bonds is 6. The summed E-state index contributed by atoms with van der Waals surface area (Å²) < 4.78 is 0. The van der Waals surface area contributed by atoms with E-state index in [4.69, 9.17) is 5.11 Å². The Labute approximate surface area is 80.5 Å². The Bertz CT molecular complexity index is 146. The third-order valence-electron chi connectivity index (χ3n) is 1.86. The highest BCUT2D eigenvalue weighted by atomic mass is 16.3. The maximum absolute atomic E-state index is 11.2. The zero-order chi connectivity index (χ0) is 10.3. The normalized spacial score (nSPS) is 15.1. The van der Waals surface area contributed by atoms with Crippen LogP contribution in [0.1, 0.15) is 46.5 Å². The lowest BCUT2D eigenvalue weighted by Crippen LogP contribution is -2.34. The van der Waals surface area contributed by atoms with E-state index in [1.807, 2.05) is 6.92 Å². The SMILES string of the molecule is CCCCC(=O)NC(C)CC(C)O. The van der Waals surface area contributed by atoms with Gasteiger partial charge in [0.25, 0.3) is 0 Å². The van der Waals surface area contributed by atoms with Gasteiger partial charge in [-0.05, 0) is 26.7 Å². The van der Waals surface area contributed by atoms with E-state index in [9.17, 15) is 4.79 Å². The molecule has 0 heterocycles. The summed E-state index contributed by atoms with van der Waals surface area (Å²) in [5.41, 5.74) is 0. The molecule has 0 saturated carbocycles. The van der Waals surface area contributed by atoms with Crippen molar-refractivity contribution >= 4 is 5.91 Å². The molecule has 2 N–H and O–H groups in total. The lowest BCUT2D eigenvalue weighted by atomic mass is 10.1. The van der Waals surface area contributed by atoms with Gasteiger partial charge in [0.05, 0.1) is 6.10 Å². The molecule has 0 aromatic heterocycles. The van der Waals surface area contributed by atoms with Crippen LogP contribution in [-0.4, -0.2) is 23.2 Å². The van der Waals surface area contributed by atoms with Gasteiger partial charge in [0.15, 0.2) is 0 Å². The predicted molar refractivity (Wildman–Crippen MR) is 53.4 cm³/mol. The Balaban J connectivity index is 3.53. The number of nitrogens with one attached hydrogen (secondary N) is 1. The number of hydrogen-bond donors (Lipinski definition) is 2. The molecule has 3 nitrogen and oxygen atoms in total. The van der Waals surface area contributed by atoms with E-state index in [-0.39, 0.29) is 18.1 Å². The number of aliphatic hydroxyl groups is 1. The summed E-state index contributed by atoms with van der Waals surface area (Å²) in [6, 6.07) is 0.0735. The molecule has 1 amide bonds. The molecule has 0 radical (unpaired) electrons. The molecule has 2 unspecified atom stereocenters. The highest BCUT2D eigenvalue weighted by molar-refractivity contribution is 5.76. The van der Waals surface area contributed by atoms with Crippen molar-refractivity contribution in [1.29, 1.82) is 0 Å². The van der Waals surface area contributed by atoms with Crippen molar-refractivity contribution in [2.45, 2.75) is 58.6 Å². The average Bonchev–Trinajstić information content (AvgIpc) is 1.98. The molecule has 2 atom stereocenters.